The first-order valence-electron chi connectivity index (χ1n) is 4.66. The first kappa shape index (κ1) is 12.8. The second-order valence-corrected chi connectivity index (χ2v) is 3.34. The maximum Gasteiger partial charge on any atom is 0.0930 e. The Kier molecular flexibility index (Phi) is 8.33. The van der Waals surface area contributed by atoms with Gasteiger partial charge in [0, 0.05) is 20.3 Å². The van der Waals surface area contributed by atoms with Gasteiger partial charge in [-0.2, -0.15) is 0 Å². The average Bonchev–Trinajstić information content (AvgIpc) is 2.10. The summed E-state index contributed by atoms with van der Waals surface area (Å²) in [5.74, 6) is 0. The molecule has 4 nitrogen and oxygen atoms in total. The molecule has 0 spiro atoms. The van der Waals surface area contributed by atoms with E-state index in [1.165, 1.54) is 0 Å². The smallest absolute Gasteiger partial charge is 0.0930 e. The maximum atomic E-state index is 5.51. The third kappa shape index (κ3) is 8.18. The molecule has 4 heteroatoms. The molecule has 2 N–H and O–H groups in total. The van der Waals surface area contributed by atoms with Crippen molar-refractivity contribution in [3.8, 4) is 0 Å². The number of nitrogens with zero attached hydrogens (tertiary/aromatic N) is 1. The Hall–Kier alpha value is -0.160. The Morgan fingerprint density at radius 2 is 2.08 bits per heavy atom. The zero-order valence-corrected chi connectivity index (χ0v) is 8.95. The highest BCUT2D eigenvalue weighted by Crippen LogP contribution is 1.93. The third-order valence-corrected chi connectivity index (χ3v) is 1.72. The summed E-state index contributed by atoms with van der Waals surface area (Å²) in [7, 11) is 5.76. The van der Waals surface area contributed by atoms with Gasteiger partial charge in [0.2, 0.25) is 0 Å². The van der Waals surface area contributed by atoms with Crippen LogP contribution in [0, 0.1) is 0 Å². The minimum Gasteiger partial charge on any atom is -0.382 e. The van der Waals surface area contributed by atoms with E-state index in [-0.39, 0.29) is 6.10 Å². The van der Waals surface area contributed by atoms with Gasteiger partial charge in [0.05, 0.1) is 12.7 Å². The molecule has 13 heavy (non-hydrogen) atoms. The normalized spacial score (nSPS) is 13.6. The van der Waals surface area contributed by atoms with Crippen LogP contribution in [0.4, 0.5) is 0 Å². The van der Waals surface area contributed by atoms with Crippen LogP contribution in [0.15, 0.2) is 0 Å². The number of hydrogen-bond donors (Lipinski definition) is 1. The topological polar surface area (TPSA) is 47.7 Å². The number of nitrogens with two attached hydrogens (primary N) is 1. The van der Waals surface area contributed by atoms with E-state index in [0.717, 1.165) is 19.6 Å². The molecule has 0 aromatic carbocycles. The molecule has 0 saturated carbocycles. The molecule has 0 saturated heterocycles. The lowest BCUT2D eigenvalue weighted by Gasteiger charge is -2.15. The molecule has 0 amide bonds. The molecule has 0 aliphatic carbocycles. The van der Waals surface area contributed by atoms with Crippen LogP contribution >= 0.6 is 0 Å². The van der Waals surface area contributed by atoms with Gasteiger partial charge in [0.25, 0.3) is 0 Å². The molecule has 0 bridgehead atoms. The lowest BCUT2D eigenvalue weighted by molar-refractivity contribution is 0.00127. The fourth-order valence-electron chi connectivity index (χ4n) is 1.00. The van der Waals surface area contributed by atoms with Crippen molar-refractivity contribution >= 4 is 0 Å². The van der Waals surface area contributed by atoms with Gasteiger partial charge in [-0.05, 0) is 27.1 Å². The van der Waals surface area contributed by atoms with Crippen LogP contribution in [0.1, 0.15) is 6.42 Å². The van der Waals surface area contributed by atoms with E-state index in [4.69, 9.17) is 15.2 Å². The molecule has 0 aliphatic heterocycles. The molecule has 0 aromatic rings. The van der Waals surface area contributed by atoms with Crippen molar-refractivity contribution in [3.05, 3.63) is 0 Å². The van der Waals surface area contributed by atoms with Crippen LogP contribution in [-0.4, -0.2) is 58.5 Å². The van der Waals surface area contributed by atoms with Crippen molar-refractivity contribution in [2.75, 3.05) is 47.5 Å². The first-order valence-corrected chi connectivity index (χ1v) is 4.66. The zero-order chi connectivity index (χ0) is 10.1. The Labute approximate surface area is 81.0 Å². The second kappa shape index (κ2) is 8.44. The summed E-state index contributed by atoms with van der Waals surface area (Å²) in [6, 6.07) is 0. The van der Waals surface area contributed by atoms with Crippen molar-refractivity contribution in [1.82, 2.24) is 4.90 Å². The summed E-state index contributed by atoms with van der Waals surface area (Å²) in [6.07, 6.45) is 1.08. The van der Waals surface area contributed by atoms with Crippen molar-refractivity contribution in [3.63, 3.8) is 0 Å². The van der Waals surface area contributed by atoms with E-state index in [9.17, 15) is 0 Å². The predicted molar refractivity (Wildman–Crippen MR) is 53.8 cm³/mol. The predicted octanol–water partition coefficient (Wildman–Crippen LogP) is -0.0716. The Balaban J connectivity index is 3.27. The summed E-state index contributed by atoms with van der Waals surface area (Å²) < 4.78 is 10.5. The number of rotatable bonds is 8. The second-order valence-electron chi connectivity index (χ2n) is 3.34. The van der Waals surface area contributed by atoms with Gasteiger partial charge in [0.15, 0.2) is 0 Å². The van der Waals surface area contributed by atoms with E-state index < -0.39 is 0 Å². The van der Waals surface area contributed by atoms with Crippen LogP contribution in [0.3, 0.4) is 0 Å². The number of ether oxygens (including phenoxy) is 2. The molecule has 0 aliphatic rings. The van der Waals surface area contributed by atoms with E-state index in [1.54, 1.807) is 7.11 Å². The fraction of sp³-hybridized carbons (Fsp3) is 1.00. The molecule has 80 valence electrons. The quantitative estimate of drug-likeness (QED) is 0.544. The summed E-state index contributed by atoms with van der Waals surface area (Å²) in [5.41, 5.74) is 5.49. The van der Waals surface area contributed by atoms with Gasteiger partial charge in [-0.15, -0.1) is 0 Å². The Morgan fingerprint density at radius 1 is 1.38 bits per heavy atom. The van der Waals surface area contributed by atoms with E-state index >= 15 is 0 Å². The highest BCUT2D eigenvalue weighted by molar-refractivity contribution is 4.56. The van der Waals surface area contributed by atoms with Gasteiger partial charge in [-0.1, -0.05) is 0 Å². The lowest BCUT2D eigenvalue weighted by Crippen LogP contribution is -2.29. The molecule has 0 heterocycles. The number of hydrogen-bond acceptors (Lipinski definition) is 4. The molecule has 0 aromatic heterocycles. The van der Waals surface area contributed by atoms with Crippen molar-refractivity contribution in [2.24, 2.45) is 5.73 Å². The van der Waals surface area contributed by atoms with E-state index in [2.05, 4.69) is 19.0 Å². The maximum absolute atomic E-state index is 5.51. The summed E-state index contributed by atoms with van der Waals surface area (Å²) in [5, 5.41) is 0. The van der Waals surface area contributed by atoms with Crippen LogP contribution in [0.5, 0.6) is 0 Å². The average molecular weight is 190 g/mol. The molecule has 0 rings (SSSR count). The van der Waals surface area contributed by atoms with Gasteiger partial charge in [-0.3, -0.25) is 0 Å². The molecular formula is C9H22N2O2. The van der Waals surface area contributed by atoms with Gasteiger partial charge in [0.1, 0.15) is 0 Å². The van der Waals surface area contributed by atoms with E-state index in [1.807, 2.05) is 0 Å². The zero-order valence-electron chi connectivity index (χ0n) is 8.95. The van der Waals surface area contributed by atoms with Crippen molar-refractivity contribution in [1.29, 1.82) is 0 Å². The fourth-order valence-corrected chi connectivity index (χ4v) is 1.00. The third-order valence-electron chi connectivity index (χ3n) is 1.72. The lowest BCUT2D eigenvalue weighted by atomic mass is 10.3. The minimum absolute atomic E-state index is 0.0483. The highest BCUT2D eigenvalue weighted by Gasteiger charge is 2.05. The van der Waals surface area contributed by atoms with E-state index in [0.29, 0.717) is 13.2 Å². The molecule has 0 radical (unpaired) electrons. The molecule has 1 atom stereocenters. The largest absolute Gasteiger partial charge is 0.382 e. The monoisotopic (exact) mass is 190 g/mol. The summed E-state index contributed by atoms with van der Waals surface area (Å²) >= 11 is 0. The van der Waals surface area contributed by atoms with Crippen LogP contribution in [-0.2, 0) is 9.47 Å². The SMILES string of the molecule is COCC(CN)OCCCN(C)C. The summed E-state index contributed by atoms with van der Waals surface area (Å²) in [4.78, 5) is 2.14. The van der Waals surface area contributed by atoms with Crippen molar-refractivity contribution in [2.45, 2.75) is 12.5 Å². The van der Waals surface area contributed by atoms with Gasteiger partial charge < -0.3 is 20.1 Å². The van der Waals surface area contributed by atoms with Crippen LogP contribution in [0.2, 0.25) is 0 Å². The minimum atomic E-state index is 0.0483. The first-order chi connectivity index (χ1) is 6.20. The van der Waals surface area contributed by atoms with Crippen LogP contribution < -0.4 is 5.73 Å². The van der Waals surface area contributed by atoms with Gasteiger partial charge in [-0.25, -0.2) is 0 Å². The Morgan fingerprint density at radius 3 is 2.54 bits per heavy atom. The Bertz CT molecular complexity index is 110. The summed E-state index contributed by atoms with van der Waals surface area (Å²) in [6.45, 7) is 2.90. The van der Waals surface area contributed by atoms with Gasteiger partial charge >= 0.3 is 0 Å². The number of methoxy groups -OCH3 is 1. The standard InChI is InChI=1S/C9H22N2O2/c1-11(2)5-4-6-13-9(7-10)8-12-3/h9H,4-8,10H2,1-3H3. The van der Waals surface area contributed by atoms with Crippen LogP contribution in [0.25, 0.3) is 0 Å². The van der Waals surface area contributed by atoms with Crippen molar-refractivity contribution < 1.29 is 9.47 Å². The molecular weight excluding hydrogens is 168 g/mol. The highest BCUT2D eigenvalue weighted by atomic mass is 16.5. The molecule has 1 unspecified atom stereocenters. The molecule has 0 fully saturated rings.